The number of fused-ring (bicyclic) bond motifs is 2. The van der Waals surface area contributed by atoms with Gasteiger partial charge >= 0.3 is 29.6 Å². The number of thiazole rings is 1. The summed E-state index contributed by atoms with van der Waals surface area (Å²) in [5.41, 5.74) is 7.25. The summed E-state index contributed by atoms with van der Waals surface area (Å²) in [6.07, 6.45) is 2.68. The fourth-order valence-corrected chi connectivity index (χ4v) is 7.99. The predicted octanol–water partition coefficient (Wildman–Crippen LogP) is -5.06. The number of phenolic OH excluding ortho intramolecular Hbond substituents is 2. The molecule has 0 saturated carbocycles. The minimum Gasteiger partial charge on any atom is -0.546 e. The van der Waals surface area contributed by atoms with Crippen LogP contribution in [-0.4, -0.2) is 85.3 Å². The van der Waals surface area contributed by atoms with Crippen molar-refractivity contribution in [2.45, 2.75) is 43.3 Å². The number of nitrogens with zero attached hydrogens (tertiary/aromatic N) is 4. The van der Waals surface area contributed by atoms with E-state index < -0.39 is 76.0 Å². The molecule has 2 aliphatic heterocycles. The fourth-order valence-electron chi connectivity index (χ4n) is 5.86. The third-order valence-corrected chi connectivity index (χ3v) is 10.7. The minimum atomic E-state index is -1.97. The van der Waals surface area contributed by atoms with Gasteiger partial charge in [0.1, 0.15) is 17.1 Å². The maximum absolute atomic E-state index is 13.5. The molecular weight excluding hydrogens is 753 g/mol. The zero-order chi connectivity index (χ0) is 36.6. The molecule has 4 heterocycles. The molecule has 0 radical (unpaired) electrons. The van der Waals surface area contributed by atoms with Gasteiger partial charge in [-0.05, 0) is 31.0 Å². The van der Waals surface area contributed by atoms with Crippen molar-refractivity contribution < 1.29 is 83.4 Å². The molecule has 266 valence electrons. The summed E-state index contributed by atoms with van der Waals surface area (Å²) in [6, 6.07) is 4.82. The Hall–Kier alpha value is -4.40. The number of carboxylic acid groups (broad SMARTS) is 2. The monoisotopic (exact) mass is 779 g/mol. The number of benzene rings is 1. The number of carboxylic acids is 2. The summed E-state index contributed by atoms with van der Waals surface area (Å²) in [6.45, 7) is -0.507. The van der Waals surface area contributed by atoms with Crippen LogP contribution in [0, 0.1) is 0 Å². The number of nitrogens with two attached hydrogens (primary N) is 1. The molecule has 1 aromatic carbocycles. The van der Waals surface area contributed by atoms with Crippen molar-refractivity contribution in [1.82, 2.24) is 20.5 Å². The van der Waals surface area contributed by atoms with E-state index in [4.69, 9.17) is 22.2 Å². The molecule has 3 aromatic rings. The molecule has 0 unspecified atom stereocenters. The van der Waals surface area contributed by atoms with Gasteiger partial charge in [0.05, 0.1) is 34.8 Å². The van der Waals surface area contributed by atoms with Crippen LogP contribution in [0.25, 0.3) is 0 Å². The van der Waals surface area contributed by atoms with Gasteiger partial charge in [0.25, 0.3) is 17.7 Å². The number of aliphatic carboxylic acids is 2. The zero-order valence-corrected chi connectivity index (χ0v) is 31.5. The molecule has 21 heteroatoms. The van der Waals surface area contributed by atoms with Crippen molar-refractivity contribution in [3.05, 3.63) is 74.6 Å². The number of amides is 3. The summed E-state index contributed by atoms with van der Waals surface area (Å²) < 4.78 is 1.98. The number of hydrogen-bond acceptors (Lipinski definition) is 15. The van der Waals surface area contributed by atoms with Crippen LogP contribution in [0.15, 0.2) is 52.3 Å². The number of nitrogen functional groups attached to an aromatic ring is 1. The molecule has 3 atom stereocenters. The summed E-state index contributed by atoms with van der Waals surface area (Å²) >= 11 is 8.07. The Morgan fingerprint density at radius 2 is 1.98 bits per heavy atom. The Bertz CT molecular complexity index is 2040. The standard InChI is InChI=1S/C31H28ClN7O10S2.Na/c32-20-15(6-7-18(40)24(20)41)25(42)34-9-19(29(45)46)49-37-21(16-12-51-31(33)35-16)26(43)36-22-27(44)39-23(30(47)48)14(11-50-28(22)39)10-38-8-2-4-13-3-1-5-17(13)38;/h2,4,6-8,12,19,22,28H,1,3,5,9-11H2,(H7-,33,34,35,36,37,40,41,42,43,45,46,47,48);/q;+1/p-1/t19-,22+,28+;/m0./s1. The van der Waals surface area contributed by atoms with Crippen molar-refractivity contribution in [1.29, 1.82) is 0 Å². The number of aromatic nitrogens is 2. The molecule has 2 aromatic heterocycles. The molecule has 6 rings (SSSR count). The molecule has 3 aliphatic rings. The normalized spacial score (nSPS) is 18.4. The second-order valence-electron chi connectivity index (χ2n) is 11.5. The van der Waals surface area contributed by atoms with E-state index in [-0.39, 0.29) is 63.9 Å². The quantitative estimate of drug-likeness (QED) is 0.0288. The Balaban J connectivity index is 0.00000523. The Kier molecular flexibility index (Phi) is 12.0. The van der Waals surface area contributed by atoms with Crippen LogP contribution in [0.3, 0.4) is 0 Å². The van der Waals surface area contributed by atoms with Gasteiger partial charge in [0, 0.05) is 34.8 Å². The van der Waals surface area contributed by atoms with Crippen LogP contribution in [0.1, 0.15) is 33.7 Å². The fraction of sp³-hybridized carbons (Fsp3) is 0.290. The molecular formula is C31H27ClN7NaO10S2. The Morgan fingerprint density at radius 3 is 2.67 bits per heavy atom. The van der Waals surface area contributed by atoms with Gasteiger partial charge in [-0.25, -0.2) is 4.98 Å². The van der Waals surface area contributed by atoms with E-state index in [1.165, 1.54) is 22.7 Å². The van der Waals surface area contributed by atoms with E-state index in [0.29, 0.717) is 5.57 Å². The van der Waals surface area contributed by atoms with Gasteiger partial charge in [-0.15, -0.1) is 23.1 Å². The molecule has 17 nitrogen and oxygen atoms in total. The van der Waals surface area contributed by atoms with Crippen molar-refractivity contribution in [3.63, 3.8) is 0 Å². The first-order valence-corrected chi connectivity index (χ1v) is 17.5. The van der Waals surface area contributed by atoms with Crippen LogP contribution in [0.2, 0.25) is 5.02 Å². The number of thioether (sulfide) groups is 1. The maximum Gasteiger partial charge on any atom is 1.00 e. The Labute approximate surface area is 329 Å². The average molecular weight is 780 g/mol. The Morgan fingerprint density at radius 1 is 1.21 bits per heavy atom. The number of aryl methyl sites for hydroxylation is 1. The van der Waals surface area contributed by atoms with Crippen LogP contribution in [-0.2, 0) is 43.4 Å². The number of pyridine rings is 1. The number of hydrogen-bond donors (Lipinski definition) is 5. The number of nitrogens with one attached hydrogen (secondary N) is 2. The number of anilines is 1. The van der Waals surface area contributed by atoms with E-state index in [2.05, 4.69) is 20.8 Å². The first-order valence-electron chi connectivity index (χ1n) is 15.2. The molecule has 0 spiro atoms. The van der Waals surface area contributed by atoms with Crippen molar-refractivity contribution in [2.75, 3.05) is 18.0 Å². The molecule has 6 N–H and O–H groups in total. The van der Waals surface area contributed by atoms with E-state index >= 15 is 0 Å². The third-order valence-electron chi connectivity index (χ3n) is 8.33. The number of β-lactam (4-membered cyclic amide) rings is 1. The molecule has 3 amide bonds. The molecule has 52 heavy (non-hydrogen) atoms. The summed E-state index contributed by atoms with van der Waals surface area (Å²) in [4.78, 5) is 73.8. The van der Waals surface area contributed by atoms with Gasteiger partial charge in [-0.1, -0.05) is 16.8 Å². The molecule has 0 bridgehead atoms. The summed E-state index contributed by atoms with van der Waals surface area (Å²) in [5.74, 6) is -7.16. The molecule has 1 aliphatic carbocycles. The van der Waals surface area contributed by atoms with E-state index in [1.54, 1.807) is 0 Å². The average Bonchev–Trinajstić information content (AvgIpc) is 3.76. The SMILES string of the molecule is Nc1nc(/C(=N/O[C@@H](CNC(=O)c2ccc(O)c(O)c2Cl)C(=O)[O-])C(=O)N[C@@H]2C(=O)N3C(C(=O)[O-])=C(C[n+]4cccc5c4CCC5)CS[C@H]23)cs1.[Na+]. The minimum absolute atomic E-state index is 0. The topological polar surface area (TPSA) is 264 Å². The number of aromatic hydroxyl groups is 2. The molecule has 1 saturated heterocycles. The van der Waals surface area contributed by atoms with Crippen LogP contribution < -0.4 is 60.7 Å². The second kappa shape index (κ2) is 16.1. The summed E-state index contributed by atoms with van der Waals surface area (Å²) in [7, 11) is 0. The first kappa shape index (κ1) is 38.8. The third kappa shape index (κ3) is 7.69. The number of rotatable bonds is 12. The van der Waals surface area contributed by atoms with Gasteiger partial charge in [-0.3, -0.25) is 19.3 Å². The van der Waals surface area contributed by atoms with Crippen molar-refractivity contribution in [2.24, 2.45) is 5.16 Å². The molecule has 1 fully saturated rings. The van der Waals surface area contributed by atoms with E-state index in [1.807, 2.05) is 22.9 Å². The number of carbonyl (C=O) groups is 5. The van der Waals surface area contributed by atoms with Gasteiger partial charge in [0.2, 0.25) is 0 Å². The van der Waals surface area contributed by atoms with Crippen LogP contribution in [0.4, 0.5) is 5.13 Å². The number of oxime groups is 1. The largest absolute Gasteiger partial charge is 1.00 e. The maximum atomic E-state index is 13.5. The van der Waals surface area contributed by atoms with E-state index in [9.17, 15) is 44.4 Å². The zero-order valence-electron chi connectivity index (χ0n) is 27.2. The van der Waals surface area contributed by atoms with Gasteiger partial charge < -0.3 is 51.2 Å². The number of carbonyl (C=O) groups excluding carboxylic acids is 5. The second-order valence-corrected chi connectivity index (χ2v) is 13.9. The van der Waals surface area contributed by atoms with Crippen molar-refractivity contribution in [3.8, 4) is 11.5 Å². The number of halogens is 1. The van der Waals surface area contributed by atoms with Crippen LogP contribution >= 0.6 is 34.7 Å². The van der Waals surface area contributed by atoms with E-state index in [0.717, 1.165) is 53.3 Å². The smallest absolute Gasteiger partial charge is 0.546 e. The summed E-state index contributed by atoms with van der Waals surface area (Å²) in [5, 5.41) is 52.0. The van der Waals surface area contributed by atoms with Crippen molar-refractivity contribution >= 4 is 75.2 Å². The van der Waals surface area contributed by atoms with Gasteiger partial charge in [0.15, 0.2) is 46.9 Å². The number of phenols is 2. The van der Waals surface area contributed by atoms with Gasteiger partial charge in [-0.2, -0.15) is 4.57 Å². The first-order chi connectivity index (χ1) is 24.3. The van der Waals surface area contributed by atoms with Crippen LogP contribution in [0.5, 0.6) is 11.5 Å². The predicted molar refractivity (Wildman–Crippen MR) is 176 cm³/mol.